The quantitative estimate of drug-likeness (QED) is 0.774. The van der Waals surface area contributed by atoms with E-state index in [9.17, 15) is 22.0 Å². The van der Waals surface area contributed by atoms with Crippen LogP contribution in [0.1, 0.15) is 5.56 Å². The summed E-state index contributed by atoms with van der Waals surface area (Å²) in [5, 5.41) is 0. The van der Waals surface area contributed by atoms with Crippen molar-refractivity contribution < 1.29 is 31.4 Å². The Balaban J connectivity index is 2.38. The minimum absolute atomic E-state index is 0.138. The molecule has 8 heteroatoms. The number of nitrogens with zero attached hydrogens (tertiary/aromatic N) is 1. The maximum absolute atomic E-state index is 12.4. The highest BCUT2D eigenvalue weighted by molar-refractivity contribution is 5.70. The highest BCUT2D eigenvalue weighted by atomic mass is 19.4. The molecule has 0 aliphatic carbocycles. The summed E-state index contributed by atoms with van der Waals surface area (Å²) in [5.74, 6) is -0.688. The van der Waals surface area contributed by atoms with Crippen LogP contribution in [0, 0.1) is 6.92 Å². The predicted molar refractivity (Wildman–Crippen MR) is 67.7 cm³/mol. The van der Waals surface area contributed by atoms with E-state index in [1.54, 1.807) is 0 Å². The molecule has 0 spiro atoms. The lowest BCUT2D eigenvalue weighted by atomic mass is 10.1. The summed E-state index contributed by atoms with van der Waals surface area (Å²) in [6.07, 6.45) is -3.69. The predicted octanol–water partition coefficient (Wildman–Crippen LogP) is 4.56. The third-order valence-electron chi connectivity index (χ3n) is 2.65. The molecule has 0 radical (unpaired) electrons. The molecule has 3 nitrogen and oxygen atoms in total. The molecule has 118 valence electrons. The summed E-state index contributed by atoms with van der Waals surface area (Å²) < 4.78 is 69.6. The van der Waals surface area contributed by atoms with Gasteiger partial charge >= 0.3 is 13.0 Å². The van der Waals surface area contributed by atoms with Gasteiger partial charge in [-0.1, -0.05) is 18.2 Å². The summed E-state index contributed by atoms with van der Waals surface area (Å²) >= 11 is 0. The molecule has 0 fully saturated rings. The molecular weight excluding hydrogens is 309 g/mol. The Morgan fingerprint density at radius 2 is 1.82 bits per heavy atom. The Kier molecular flexibility index (Phi) is 4.48. The van der Waals surface area contributed by atoms with Gasteiger partial charge < -0.3 is 9.47 Å². The van der Waals surface area contributed by atoms with Crippen molar-refractivity contribution in [3.8, 4) is 22.8 Å². The molecular formula is C14H10F5NO2. The van der Waals surface area contributed by atoms with Gasteiger partial charge in [-0.15, -0.1) is 13.2 Å². The Hall–Kier alpha value is -2.38. The molecule has 0 saturated carbocycles. The van der Waals surface area contributed by atoms with Crippen LogP contribution in [-0.4, -0.2) is 18.0 Å². The minimum atomic E-state index is -4.84. The number of pyridine rings is 1. The highest BCUT2D eigenvalue weighted by Crippen LogP contribution is 2.34. The zero-order valence-electron chi connectivity index (χ0n) is 11.2. The van der Waals surface area contributed by atoms with Crippen LogP contribution < -0.4 is 9.47 Å². The number of para-hydroxylation sites is 1. The van der Waals surface area contributed by atoms with E-state index in [0.29, 0.717) is 5.56 Å². The van der Waals surface area contributed by atoms with Crippen LogP contribution in [0.5, 0.6) is 11.6 Å². The summed E-state index contributed by atoms with van der Waals surface area (Å²) in [6.45, 7) is -1.57. The first-order chi connectivity index (χ1) is 10.3. The van der Waals surface area contributed by atoms with Crippen LogP contribution in [0.4, 0.5) is 22.0 Å². The zero-order valence-corrected chi connectivity index (χ0v) is 11.2. The van der Waals surface area contributed by atoms with Gasteiger partial charge in [0.2, 0.25) is 5.88 Å². The molecule has 0 aliphatic heterocycles. The molecule has 0 N–H and O–H groups in total. The van der Waals surface area contributed by atoms with Crippen molar-refractivity contribution in [3.05, 3.63) is 42.1 Å². The molecule has 2 rings (SSSR count). The van der Waals surface area contributed by atoms with E-state index in [2.05, 4.69) is 14.5 Å². The van der Waals surface area contributed by atoms with Gasteiger partial charge in [-0.3, -0.25) is 0 Å². The standard InChI is InChI=1S/C14H10F5NO2/c1-8-6-9(7-20-12(8)21-13(15)16)10-4-2-3-5-11(10)22-14(17,18)19/h2-7,13H,1H3. The number of hydrogen-bond donors (Lipinski definition) is 0. The Morgan fingerprint density at radius 3 is 2.41 bits per heavy atom. The molecule has 0 aliphatic rings. The van der Waals surface area contributed by atoms with Crippen LogP contribution in [0.25, 0.3) is 11.1 Å². The van der Waals surface area contributed by atoms with Crippen molar-refractivity contribution in [3.63, 3.8) is 0 Å². The first kappa shape index (κ1) is 16.0. The molecule has 0 unspecified atom stereocenters. The third-order valence-corrected chi connectivity index (χ3v) is 2.65. The van der Waals surface area contributed by atoms with Gasteiger partial charge in [-0.2, -0.15) is 8.78 Å². The molecule has 2 aromatic rings. The largest absolute Gasteiger partial charge is 0.573 e. The van der Waals surface area contributed by atoms with Crippen LogP contribution in [0.3, 0.4) is 0 Å². The van der Waals surface area contributed by atoms with Crippen LogP contribution in [0.2, 0.25) is 0 Å². The third kappa shape index (κ3) is 4.06. The lowest BCUT2D eigenvalue weighted by Crippen LogP contribution is -2.17. The normalized spacial score (nSPS) is 11.6. The lowest BCUT2D eigenvalue weighted by molar-refractivity contribution is -0.274. The van der Waals surface area contributed by atoms with Gasteiger partial charge in [0.05, 0.1) is 0 Å². The monoisotopic (exact) mass is 319 g/mol. The molecule has 1 heterocycles. The smallest absolute Gasteiger partial charge is 0.417 e. The molecule has 1 aromatic heterocycles. The number of aryl methyl sites for hydroxylation is 1. The second-order valence-electron chi connectivity index (χ2n) is 4.27. The molecule has 0 amide bonds. The summed E-state index contributed by atoms with van der Waals surface area (Å²) in [6, 6.07) is 6.87. The van der Waals surface area contributed by atoms with E-state index < -0.39 is 18.7 Å². The first-order valence-corrected chi connectivity index (χ1v) is 6.03. The first-order valence-electron chi connectivity index (χ1n) is 6.03. The highest BCUT2D eigenvalue weighted by Gasteiger charge is 2.32. The van der Waals surface area contributed by atoms with Crippen molar-refractivity contribution in [1.82, 2.24) is 4.98 Å². The topological polar surface area (TPSA) is 31.4 Å². The van der Waals surface area contributed by atoms with Gasteiger partial charge in [0.15, 0.2) is 0 Å². The summed E-state index contributed by atoms with van der Waals surface area (Å²) in [4.78, 5) is 3.69. The van der Waals surface area contributed by atoms with Gasteiger partial charge in [0.1, 0.15) is 5.75 Å². The second-order valence-corrected chi connectivity index (χ2v) is 4.27. The number of hydrogen-bond acceptors (Lipinski definition) is 3. The van der Waals surface area contributed by atoms with Gasteiger partial charge in [0.25, 0.3) is 0 Å². The van der Waals surface area contributed by atoms with Crippen LogP contribution in [-0.2, 0) is 0 Å². The van der Waals surface area contributed by atoms with Crippen molar-refractivity contribution >= 4 is 0 Å². The van der Waals surface area contributed by atoms with E-state index in [0.717, 1.165) is 12.3 Å². The maximum atomic E-state index is 12.4. The van der Waals surface area contributed by atoms with Crippen molar-refractivity contribution in [2.45, 2.75) is 19.9 Å². The SMILES string of the molecule is Cc1cc(-c2ccccc2OC(F)(F)F)cnc1OC(F)F. The fourth-order valence-corrected chi connectivity index (χ4v) is 1.84. The lowest BCUT2D eigenvalue weighted by Gasteiger charge is -2.14. The van der Waals surface area contributed by atoms with Gasteiger partial charge in [-0.25, -0.2) is 4.98 Å². The van der Waals surface area contributed by atoms with E-state index in [4.69, 9.17) is 0 Å². The maximum Gasteiger partial charge on any atom is 0.573 e. The van der Waals surface area contributed by atoms with E-state index in [1.165, 1.54) is 31.2 Å². The fraction of sp³-hybridized carbons (Fsp3) is 0.214. The number of rotatable bonds is 4. The van der Waals surface area contributed by atoms with Gasteiger partial charge in [0, 0.05) is 22.9 Å². The van der Waals surface area contributed by atoms with Crippen molar-refractivity contribution in [2.75, 3.05) is 0 Å². The van der Waals surface area contributed by atoms with Crippen LogP contribution in [0.15, 0.2) is 36.5 Å². The number of ether oxygens (including phenoxy) is 2. The Bertz CT molecular complexity index is 658. The van der Waals surface area contributed by atoms with Crippen LogP contribution >= 0.6 is 0 Å². The molecule has 0 bridgehead atoms. The van der Waals surface area contributed by atoms with Gasteiger partial charge in [-0.05, 0) is 19.1 Å². The number of aromatic nitrogens is 1. The number of benzene rings is 1. The fourth-order valence-electron chi connectivity index (χ4n) is 1.84. The average molecular weight is 319 g/mol. The number of alkyl halides is 5. The molecule has 0 saturated heterocycles. The summed E-state index contributed by atoms with van der Waals surface area (Å²) in [7, 11) is 0. The molecule has 0 atom stereocenters. The van der Waals surface area contributed by atoms with E-state index in [-0.39, 0.29) is 17.0 Å². The average Bonchev–Trinajstić information content (AvgIpc) is 2.39. The Morgan fingerprint density at radius 1 is 1.14 bits per heavy atom. The summed E-state index contributed by atoms with van der Waals surface area (Å²) in [5.41, 5.74) is 0.692. The second kappa shape index (κ2) is 6.17. The molecule has 22 heavy (non-hydrogen) atoms. The zero-order chi connectivity index (χ0) is 16.3. The Labute approximate surface area is 122 Å². The van der Waals surface area contributed by atoms with E-state index in [1.807, 2.05) is 0 Å². The molecule has 1 aromatic carbocycles. The van der Waals surface area contributed by atoms with Crippen molar-refractivity contribution in [1.29, 1.82) is 0 Å². The number of halogens is 5. The van der Waals surface area contributed by atoms with E-state index >= 15 is 0 Å². The minimum Gasteiger partial charge on any atom is -0.417 e. The van der Waals surface area contributed by atoms with Crippen molar-refractivity contribution in [2.24, 2.45) is 0 Å².